The second kappa shape index (κ2) is 5.49. The molecule has 0 bridgehead atoms. The number of phenols is 1. The average Bonchev–Trinajstić information content (AvgIpc) is 2.38. The molecule has 0 aliphatic carbocycles. The number of hydrogen-bond acceptors (Lipinski definition) is 2. The van der Waals surface area contributed by atoms with Crippen molar-refractivity contribution in [3.8, 4) is 5.75 Å². The fourth-order valence-corrected chi connectivity index (χ4v) is 2.11. The van der Waals surface area contributed by atoms with Crippen LogP contribution in [-0.2, 0) is 11.8 Å². The topological polar surface area (TPSA) is 37.3 Å². The van der Waals surface area contributed by atoms with Gasteiger partial charge in [0.1, 0.15) is 5.75 Å². The first-order valence-electron chi connectivity index (χ1n) is 6.78. The van der Waals surface area contributed by atoms with E-state index >= 15 is 0 Å². The van der Waals surface area contributed by atoms with E-state index in [4.69, 9.17) is 0 Å². The maximum Gasteiger partial charge on any atom is 0.170 e. The van der Waals surface area contributed by atoms with Gasteiger partial charge in [0.2, 0.25) is 0 Å². The van der Waals surface area contributed by atoms with E-state index in [0.29, 0.717) is 12.0 Å². The first-order valence-corrected chi connectivity index (χ1v) is 6.78. The summed E-state index contributed by atoms with van der Waals surface area (Å²) in [6.07, 6.45) is 0.309. The number of carbonyl (C=O) groups excluding carboxylic acids is 1. The second-order valence-electron chi connectivity index (χ2n) is 6.07. The molecular weight excluding hydrogens is 248 g/mol. The molecule has 2 heteroatoms. The highest BCUT2D eigenvalue weighted by atomic mass is 16.3. The molecule has 104 valence electrons. The summed E-state index contributed by atoms with van der Waals surface area (Å²) in [6.45, 7) is 6.23. The minimum Gasteiger partial charge on any atom is -0.507 e. The second-order valence-corrected chi connectivity index (χ2v) is 6.07. The van der Waals surface area contributed by atoms with E-state index in [-0.39, 0.29) is 16.9 Å². The van der Waals surface area contributed by atoms with Crippen LogP contribution in [0.5, 0.6) is 5.75 Å². The molecular formula is C18H20O2. The molecule has 2 aromatic rings. The van der Waals surface area contributed by atoms with Gasteiger partial charge in [-0.3, -0.25) is 4.79 Å². The van der Waals surface area contributed by atoms with Crippen LogP contribution in [0.2, 0.25) is 0 Å². The van der Waals surface area contributed by atoms with Gasteiger partial charge in [0, 0.05) is 6.42 Å². The summed E-state index contributed by atoms with van der Waals surface area (Å²) >= 11 is 0. The molecule has 1 N–H and O–H groups in total. The van der Waals surface area contributed by atoms with Crippen molar-refractivity contribution >= 4 is 5.78 Å². The lowest BCUT2D eigenvalue weighted by molar-refractivity contribution is 0.0990. The fraction of sp³-hybridized carbons (Fsp3) is 0.278. The van der Waals surface area contributed by atoms with Crippen LogP contribution < -0.4 is 0 Å². The van der Waals surface area contributed by atoms with Gasteiger partial charge in [-0.1, -0.05) is 57.2 Å². The van der Waals surface area contributed by atoms with Gasteiger partial charge in [-0.05, 0) is 28.7 Å². The summed E-state index contributed by atoms with van der Waals surface area (Å²) in [4.78, 5) is 12.2. The SMILES string of the molecule is CC(C)(C)c1ccc(C(=O)Cc2ccccc2)c(O)c1. The average molecular weight is 268 g/mol. The van der Waals surface area contributed by atoms with Crippen molar-refractivity contribution in [2.45, 2.75) is 32.6 Å². The third-order valence-corrected chi connectivity index (χ3v) is 3.37. The number of Topliss-reactive ketones (excluding diaryl/α,β-unsaturated/α-hetero) is 1. The number of hydrogen-bond donors (Lipinski definition) is 1. The van der Waals surface area contributed by atoms with E-state index in [0.717, 1.165) is 11.1 Å². The van der Waals surface area contributed by atoms with Crippen molar-refractivity contribution in [1.82, 2.24) is 0 Å². The third-order valence-electron chi connectivity index (χ3n) is 3.37. The Morgan fingerprint density at radius 2 is 1.70 bits per heavy atom. The zero-order valence-corrected chi connectivity index (χ0v) is 12.2. The zero-order valence-electron chi connectivity index (χ0n) is 12.2. The molecule has 2 aromatic carbocycles. The molecule has 0 unspecified atom stereocenters. The summed E-state index contributed by atoms with van der Waals surface area (Å²) in [5.74, 6) is 0.00696. The molecule has 2 nitrogen and oxygen atoms in total. The number of carbonyl (C=O) groups is 1. The molecule has 0 spiro atoms. The van der Waals surface area contributed by atoms with Gasteiger partial charge in [-0.15, -0.1) is 0 Å². The van der Waals surface area contributed by atoms with Crippen molar-refractivity contribution in [3.05, 3.63) is 65.2 Å². The molecule has 0 saturated heterocycles. The molecule has 0 amide bonds. The third kappa shape index (κ3) is 3.27. The largest absolute Gasteiger partial charge is 0.507 e. The van der Waals surface area contributed by atoms with Crippen LogP contribution in [0.1, 0.15) is 42.3 Å². The molecule has 2 rings (SSSR count). The summed E-state index contributed by atoms with van der Waals surface area (Å²) < 4.78 is 0. The Hall–Kier alpha value is -2.09. The number of ketones is 1. The quantitative estimate of drug-likeness (QED) is 0.850. The molecule has 0 saturated carbocycles. The summed E-state index contributed by atoms with van der Waals surface area (Å²) in [6, 6.07) is 14.9. The van der Waals surface area contributed by atoms with Crippen molar-refractivity contribution in [2.75, 3.05) is 0 Å². The maximum absolute atomic E-state index is 12.2. The molecule has 0 aromatic heterocycles. The summed E-state index contributed by atoms with van der Waals surface area (Å²) in [5.41, 5.74) is 2.32. The Morgan fingerprint density at radius 1 is 1.05 bits per heavy atom. The maximum atomic E-state index is 12.2. The number of benzene rings is 2. The highest BCUT2D eigenvalue weighted by molar-refractivity contribution is 5.99. The number of phenolic OH excluding ortho intramolecular Hbond substituents is 1. The molecule has 20 heavy (non-hydrogen) atoms. The monoisotopic (exact) mass is 268 g/mol. The van der Waals surface area contributed by atoms with E-state index < -0.39 is 0 Å². The van der Waals surface area contributed by atoms with Gasteiger partial charge in [0.25, 0.3) is 0 Å². The van der Waals surface area contributed by atoms with Gasteiger partial charge in [0.15, 0.2) is 5.78 Å². The van der Waals surface area contributed by atoms with Crippen LogP contribution in [0.4, 0.5) is 0 Å². The highest BCUT2D eigenvalue weighted by Crippen LogP contribution is 2.28. The highest BCUT2D eigenvalue weighted by Gasteiger charge is 2.18. The standard InChI is InChI=1S/C18H20O2/c1-18(2,3)14-9-10-15(17(20)12-14)16(19)11-13-7-5-4-6-8-13/h4-10,12,20H,11H2,1-3H3. The van der Waals surface area contributed by atoms with Gasteiger partial charge >= 0.3 is 0 Å². The number of rotatable bonds is 3. The molecule has 0 radical (unpaired) electrons. The van der Waals surface area contributed by atoms with E-state index in [1.165, 1.54) is 0 Å². The minimum absolute atomic E-state index is 0.0432. The predicted molar refractivity (Wildman–Crippen MR) is 81.3 cm³/mol. The van der Waals surface area contributed by atoms with Gasteiger partial charge in [-0.25, -0.2) is 0 Å². The zero-order chi connectivity index (χ0) is 14.8. The van der Waals surface area contributed by atoms with Gasteiger partial charge in [0.05, 0.1) is 5.56 Å². The van der Waals surface area contributed by atoms with Crippen LogP contribution >= 0.6 is 0 Å². The Labute approximate surface area is 120 Å². The van der Waals surface area contributed by atoms with Crippen molar-refractivity contribution in [3.63, 3.8) is 0 Å². The first-order chi connectivity index (χ1) is 9.38. The Morgan fingerprint density at radius 3 is 2.25 bits per heavy atom. The van der Waals surface area contributed by atoms with E-state index in [1.54, 1.807) is 12.1 Å². The normalized spacial score (nSPS) is 11.3. The van der Waals surface area contributed by atoms with Crippen LogP contribution in [0.15, 0.2) is 48.5 Å². The fourth-order valence-electron chi connectivity index (χ4n) is 2.11. The lowest BCUT2D eigenvalue weighted by Crippen LogP contribution is -2.12. The lowest BCUT2D eigenvalue weighted by atomic mass is 9.86. The van der Waals surface area contributed by atoms with Crippen LogP contribution in [0.25, 0.3) is 0 Å². The predicted octanol–water partition coefficient (Wildman–Crippen LogP) is 4.12. The minimum atomic E-state index is -0.0610. The van der Waals surface area contributed by atoms with Crippen molar-refractivity contribution in [2.24, 2.45) is 0 Å². The number of aromatic hydroxyl groups is 1. The molecule has 0 aliphatic heterocycles. The van der Waals surface area contributed by atoms with Crippen LogP contribution in [-0.4, -0.2) is 10.9 Å². The molecule has 0 fully saturated rings. The Bertz CT molecular complexity index is 607. The summed E-state index contributed by atoms with van der Waals surface area (Å²) in [5, 5.41) is 10.1. The molecule has 0 atom stereocenters. The Balaban J connectivity index is 2.23. The Kier molecular flexibility index (Phi) is 3.93. The van der Waals surface area contributed by atoms with Crippen LogP contribution in [0, 0.1) is 0 Å². The first kappa shape index (κ1) is 14.3. The van der Waals surface area contributed by atoms with E-state index in [9.17, 15) is 9.90 Å². The van der Waals surface area contributed by atoms with Crippen LogP contribution in [0.3, 0.4) is 0 Å². The van der Waals surface area contributed by atoms with Crippen molar-refractivity contribution < 1.29 is 9.90 Å². The smallest absolute Gasteiger partial charge is 0.170 e. The van der Waals surface area contributed by atoms with E-state index in [1.807, 2.05) is 36.4 Å². The van der Waals surface area contributed by atoms with E-state index in [2.05, 4.69) is 20.8 Å². The summed E-state index contributed by atoms with van der Waals surface area (Å²) in [7, 11) is 0. The molecule has 0 aliphatic rings. The van der Waals surface area contributed by atoms with Gasteiger partial charge in [-0.2, -0.15) is 0 Å². The lowest BCUT2D eigenvalue weighted by Gasteiger charge is -2.19. The van der Waals surface area contributed by atoms with Gasteiger partial charge < -0.3 is 5.11 Å². The van der Waals surface area contributed by atoms with Crippen molar-refractivity contribution in [1.29, 1.82) is 0 Å². The molecule has 0 heterocycles.